The zero-order valence-electron chi connectivity index (χ0n) is 22.8. The monoisotopic (exact) mass is 486 g/mol. The molecule has 2 rings (SSSR count). The Kier molecular flexibility index (Phi) is 19.0. The molecule has 0 atom stereocenters. The summed E-state index contributed by atoms with van der Waals surface area (Å²) in [5.41, 5.74) is 3.24. The number of likely N-dealkylation sites (N-methyl/N-ethyl adjacent to an activating group) is 1. The SMILES string of the molecule is C=CNC(=C\C(=C)NC)/C(=C/c1sc(C)nc1C)N=C.CC1CCCCC1.CCCCCCC. The lowest BCUT2D eigenvalue weighted by Gasteiger charge is -2.15. The first-order valence-electron chi connectivity index (χ1n) is 12.9. The smallest absolute Gasteiger partial charge is 0.0903 e. The number of nitrogens with zero attached hydrogens (tertiary/aromatic N) is 2. The van der Waals surface area contributed by atoms with Gasteiger partial charge >= 0.3 is 0 Å². The largest absolute Gasteiger partial charge is 0.389 e. The van der Waals surface area contributed by atoms with Gasteiger partial charge in [-0.1, -0.05) is 98.1 Å². The molecule has 0 radical (unpaired) electrons. The van der Waals surface area contributed by atoms with Crippen LogP contribution in [0.2, 0.25) is 0 Å². The van der Waals surface area contributed by atoms with E-state index in [0.29, 0.717) is 5.70 Å². The van der Waals surface area contributed by atoms with Crippen molar-refractivity contribution in [2.45, 2.75) is 98.8 Å². The zero-order chi connectivity index (χ0) is 25.8. The lowest BCUT2D eigenvalue weighted by atomic mass is 9.91. The van der Waals surface area contributed by atoms with Gasteiger partial charge in [-0.25, -0.2) is 4.98 Å². The van der Waals surface area contributed by atoms with Crippen molar-refractivity contribution in [2.24, 2.45) is 10.9 Å². The number of thiazole rings is 1. The van der Waals surface area contributed by atoms with E-state index in [9.17, 15) is 0 Å². The van der Waals surface area contributed by atoms with Crippen LogP contribution >= 0.6 is 11.3 Å². The average Bonchev–Trinajstić information content (AvgIpc) is 3.15. The molecule has 1 saturated carbocycles. The molecule has 1 aromatic heterocycles. The van der Waals surface area contributed by atoms with Crippen LogP contribution in [0.3, 0.4) is 0 Å². The summed E-state index contributed by atoms with van der Waals surface area (Å²) in [5, 5.41) is 7.05. The number of aliphatic imine (C=N–C) groups is 1. The Morgan fingerprint density at radius 3 is 2.12 bits per heavy atom. The number of aromatic nitrogens is 1. The summed E-state index contributed by atoms with van der Waals surface area (Å²) in [6, 6.07) is 0. The topological polar surface area (TPSA) is 49.3 Å². The molecule has 0 saturated heterocycles. The second-order valence-electron chi connectivity index (χ2n) is 8.86. The molecule has 4 nitrogen and oxygen atoms in total. The van der Waals surface area contributed by atoms with Crippen molar-refractivity contribution in [3.8, 4) is 0 Å². The van der Waals surface area contributed by atoms with E-state index in [4.69, 9.17) is 0 Å². The van der Waals surface area contributed by atoms with Gasteiger partial charge < -0.3 is 10.6 Å². The second-order valence-corrected chi connectivity index (χ2v) is 10.1. The number of aryl methyl sites for hydroxylation is 2. The summed E-state index contributed by atoms with van der Waals surface area (Å²) in [6.45, 7) is 22.0. The highest BCUT2D eigenvalue weighted by Gasteiger charge is 2.07. The van der Waals surface area contributed by atoms with E-state index >= 15 is 0 Å². The highest BCUT2D eigenvalue weighted by molar-refractivity contribution is 7.12. The molecule has 34 heavy (non-hydrogen) atoms. The quantitative estimate of drug-likeness (QED) is 0.187. The van der Waals surface area contributed by atoms with Crippen molar-refractivity contribution < 1.29 is 0 Å². The van der Waals surface area contributed by atoms with Crippen molar-refractivity contribution in [3.63, 3.8) is 0 Å². The van der Waals surface area contributed by atoms with Crippen molar-refractivity contribution >= 4 is 24.1 Å². The molecule has 1 aliphatic rings. The molecule has 1 aliphatic carbocycles. The van der Waals surface area contributed by atoms with Crippen LogP contribution < -0.4 is 10.6 Å². The molecule has 0 aromatic carbocycles. The second kappa shape index (κ2) is 20.3. The first kappa shape index (κ1) is 31.9. The summed E-state index contributed by atoms with van der Waals surface area (Å²) < 4.78 is 0. The van der Waals surface area contributed by atoms with Gasteiger partial charge in [0.2, 0.25) is 0 Å². The summed E-state index contributed by atoms with van der Waals surface area (Å²) in [5.74, 6) is 1.04. The molecular weight excluding hydrogens is 436 g/mol. The number of hydrogen-bond donors (Lipinski definition) is 2. The summed E-state index contributed by atoms with van der Waals surface area (Å²) in [6.07, 6.45) is 19.9. The third-order valence-corrected chi connectivity index (χ3v) is 6.67. The standard InChI is InChI=1S/C15H20N4S.C7H14.C7H16/c1-7-18-14(8-10(2)16-5)13(17-6)9-15-11(3)19-12(4)20-15;1-7-5-3-2-4-6-7;1-3-5-7-6-4-2/h7-9,16,18H,1-2,6H2,3-5H3;7H,2-6H2,1H3;3-7H2,1-2H3/b13-9-,14-8-;;. The maximum atomic E-state index is 4.40. The Morgan fingerprint density at radius 1 is 1.12 bits per heavy atom. The predicted molar refractivity (Wildman–Crippen MR) is 155 cm³/mol. The van der Waals surface area contributed by atoms with Crippen LogP contribution in [0.25, 0.3) is 6.08 Å². The zero-order valence-corrected chi connectivity index (χ0v) is 23.6. The number of rotatable bonds is 11. The number of nitrogens with one attached hydrogen (secondary N) is 2. The van der Waals surface area contributed by atoms with Gasteiger partial charge in [-0.2, -0.15) is 0 Å². The molecule has 1 heterocycles. The van der Waals surface area contributed by atoms with Crippen molar-refractivity contribution in [1.29, 1.82) is 0 Å². The van der Waals surface area contributed by atoms with Crippen LogP contribution in [0.15, 0.2) is 47.5 Å². The minimum atomic E-state index is 0.716. The lowest BCUT2D eigenvalue weighted by Crippen LogP contribution is -2.10. The van der Waals surface area contributed by atoms with E-state index in [2.05, 4.69) is 61.3 Å². The van der Waals surface area contributed by atoms with Crippen LogP contribution in [0.4, 0.5) is 0 Å². The molecule has 0 spiro atoms. The fourth-order valence-electron chi connectivity index (χ4n) is 3.54. The van der Waals surface area contributed by atoms with Crippen molar-refractivity contribution in [1.82, 2.24) is 15.6 Å². The minimum Gasteiger partial charge on any atom is -0.389 e. The molecule has 192 valence electrons. The van der Waals surface area contributed by atoms with E-state index in [1.165, 1.54) is 64.2 Å². The fraction of sp³-hybridized carbons (Fsp3) is 0.586. The van der Waals surface area contributed by atoms with E-state index in [1.54, 1.807) is 17.5 Å². The number of unbranched alkanes of at least 4 members (excludes halogenated alkanes) is 4. The van der Waals surface area contributed by atoms with Crippen molar-refractivity contribution in [2.75, 3.05) is 7.05 Å². The molecule has 2 N–H and O–H groups in total. The predicted octanol–water partition coefficient (Wildman–Crippen LogP) is 8.71. The number of hydrogen-bond acceptors (Lipinski definition) is 5. The van der Waals surface area contributed by atoms with E-state index in [1.807, 2.05) is 33.0 Å². The third kappa shape index (κ3) is 14.9. The van der Waals surface area contributed by atoms with Crippen LogP contribution in [0, 0.1) is 19.8 Å². The molecule has 0 bridgehead atoms. The third-order valence-electron chi connectivity index (χ3n) is 5.65. The highest BCUT2D eigenvalue weighted by Crippen LogP contribution is 2.23. The average molecular weight is 487 g/mol. The van der Waals surface area contributed by atoms with Gasteiger partial charge in [0.25, 0.3) is 0 Å². The van der Waals surface area contributed by atoms with Gasteiger partial charge in [0, 0.05) is 12.7 Å². The normalized spacial score (nSPS) is 14.2. The molecule has 0 amide bonds. The first-order valence-corrected chi connectivity index (χ1v) is 13.7. The summed E-state index contributed by atoms with van der Waals surface area (Å²) in [4.78, 5) is 9.55. The Bertz CT molecular complexity index is 763. The Labute approximate surface area is 214 Å². The van der Waals surface area contributed by atoms with E-state index in [0.717, 1.165) is 32.9 Å². The highest BCUT2D eigenvalue weighted by atomic mass is 32.1. The van der Waals surface area contributed by atoms with Crippen LogP contribution in [-0.2, 0) is 0 Å². The van der Waals surface area contributed by atoms with E-state index < -0.39 is 0 Å². The Hall–Kier alpha value is -2.14. The molecule has 1 aromatic rings. The molecule has 0 aliphatic heterocycles. The lowest BCUT2D eigenvalue weighted by molar-refractivity contribution is 0.385. The van der Waals surface area contributed by atoms with Gasteiger partial charge in [0.1, 0.15) is 0 Å². The molecular formula is C29H50N4S. The molecule has 0 unspecified atom stereocenters. The fourth-order valence-corrected chi connectivity index (χ4v) is 4.41. The molecule has 1 fully saturated rings. The Morgan fingerprint density at radius 2 is 1.74 bits per heavy atom. The minimum absolute atomic E-state index is 0.716. The van der Waals surface area contributed by atoms with Gasteiger partial charge in [-0.05, 0) is 44.8 Å². The first-order chi connectivity index (χ1) is 16.3. The van der Waals surface area contributed by atoms with Gasteiger partial charge in [0.15, 0.2) is 0 Å². The van der Waals surface area contributed by atoms with Crippen LogP contribution in [0.1, 0.15) is 101 Å². The summed E-state index contributed by atoms with van der Waals surface area (Å²) in [7, 11) is 1.81. The maximum Gasteiger partial charge on any atom is 0.0903 e. The number of allylic oxidation sites excluding steroid dienone is 1. The Balaban J connectivity index is 0.000000630. The van der Waals surface area contributed by atoms with Crippen LogP contribution in [-0.4, -0.2) is 18.7 Å². The summed E-state index contributed by atoms with van der Waals surface area (Å²) >= 11 is 1.62. The van der Waals surface area contributed by atoms with E-state index in [-0.39, 0.29) is 0 Å². The van der Waals surface area contributed by atoms with Gasteiger partial charge in [-0.15, -0.1) is 11.3 Å². The van der Waals surface area contributed by atoms with Gasteiger partial charge in [0.05, 0.1) is 27.0 Å². The van der Waals surface area contributed by atoms with Crippen molar-refractivity contribution in [3.05, 3.63) is 58.1 Å². The van der Waals surface area contributed by atoms with Crippen LogP contribution in [0.5, 0.6) is 0 Å². The maximum absolute atomic E-state index is 4.40. The molecule has 5 heteroatoms. The van der Waals surface area contributed by atoms with Gasteiger partial charge in [-0.3, -0.25) is 4.99 Å².